The van der Waals surface area contributed by atoms with E-state index in [4.69, 9.17) is 27.9 Å². The topological polar surface area (TPSA) is 66.8 Å². The molecule has 0 aliphatic carbocycles. The van der Waals surface area contributed by atoms with Gasteiger partial charge in [-0.1, -0.05) is 53.5 Å². The summed E-state index contributed by atoms with van der Waals surface area (Å²) in [5, 5.41) is 11.2. The van der Waals surface area contributed by atoms with E-state index >= 15 is 0 Å². The number of hydrogen-bond acceptors (Lipinski definition) is 4. The summed E-state index contributed by atoms with van der Waals surface area (Å²) >= 11 is 12.3. The number of aliphatic hydroxyl groups excluding tert-OH is 1. The van der Waals surface area contributed by atoms with Crippen molar-refractivity contribution in [2.24, 2.45) is 0 Å². The number of Topliss-reactive ketones (excluding diaryl/α,β-unsaturated/α-hetero) is 1. The number of amides is 1. The average Bonchev–Trinajstić information content (AvgIpc) is 3.04. The lowest BCUT2D eigenvalue weighted by molar-refractivity contribution is -0.132. The van der Waals surface area contributed by atoms with E-state index in [-0.39, 0.29) is 32.6 Å². The Labute approximate surface area is 197 Å². The second kappa shape index (κ2) is 8.84. The minimum absolute atomic E-state index is 0.0595. The fourth-order valence-corrected chi connectivity index (χ4v) is 4.40. The van der Waals surface area contributed by atoms with Crippen molar-refractivity contribution in [3.63, 3.8) is 0 Å². The van der Waals surface area contributed by atoms with E-state index in [1.807, 2.05) is 0 Å². The first-order chi connectivity index (χ1) is 15.7. The van der Waals surface area contributed by atoms with Crippen LogP contribution >= 0.6 is 23.2 Å². The van der Waals surface area contributed by atoms with Crippen LogP contribution in [0.4, 0.5) is 14.5 Å². The molecule has 1 aliphatic heterocycles. The standard InChI is InChI=1S/C24H15Cl2F2NO4/c1-33-23-15(25)9-13(10-16(23)26)21(30)19-20(12-5-3-2-4-6-12)29(24(32)22(19)31)18-8-7-14(27)11-17(18)28/h2-11,20,30H,1H3/b21-19+. The van der Waals surface area contributed by atoms with Crippen molar-refractivity contribution in [1.29, 1.82) is 0 Å². The lowest BCUT2D eigenvalue weighted by Crippen LogP contribution is -2.30. The van der Waals surface area contributed by atoms with E-state index in [1.165, 1.54) is 19.2 Å². The Morgan fingerprint density at radius 2 is 1.64 bits per heavy atom. The largest absolute Gasteiger partial charge is 0.507 e. The predicted molar refractivity (Wildman–Crippen MR) is 121 cm³/mol. The number of anilines is 1. The van der Waals surface area contributed by atoms with Gasteiger partial charge in [0.2, 0.25) is 0 Å². The smallest absolute Gasteiger partial charge is 0.300 e. The van der Waals surface area contributed by atoms with Gasteiger partial charge in [-0.15, -0.1) is 0 Å². The lowest BCUT2D eigenvalue weighted by atomic mass is 9.95. The molecule has 1 fully saturated rings. The second-order valence-electron chi connectivity index (χ2n) is 7.15. The zero-order valence-electron chi connectivity index (χ0n) is 17.0. The predicted octanol–water partition coefficient (Wildman–Crippen LogP) is 5.91. The molecule has 1 saturated heterocycles. The Bertz CT molecular complexity index is 1290. The normalized spacial score (nSPS) is 17.5. The minimum Gasteiger partial charge on any atom is -0.507 e. The molecule has 3 aromatic rings. The molecular formula is C24H15Cl2F2NO4. The number of methoxy groups -OCH3 is 1. The van der Waals surface area contributed by atoms with Crippen LogP contribution in [0.15, 0.2) is 66.2 Å². The van der Waals surface area contributed by atoms with Gasteiger partial charge in [-0.05, 0) is 29.8 Å². The summed E-state index contributed by atoms with van der Waals surface area (Å²) in [6.45, 7) is 0. The van der Waals surface area contributed by atoms with E-state index < -0.39 is 35.1 Å². The van der Waals surface area contributed by atoms with Crippen LogP contribution in [0.25, 0.3) is 5.76 Å². The van der Waals surface area contributed by atoms with Crippen molar-refractivity contribution in [3.8, 4) is 5.75 Å². The molecule has 3 aromatic carbocycles. The Hall–Kier alpha value is -3.42. The maximum atomic E-state index is 14.7. The van der Waals surface area contributed by atoms with Gasteiger partial charge in [0, 0.05) is 11.6 Å². The summed E-state index contributed by atoms with van der Waals surface area (Å²) in [5.41, 5.74) is -0.124. The van der Waals surface area contributed by atoms with Crippen molar-refractivity contribution in [2.75, 3.05) is 12.0 Å². The third-order valence-corrected chi connectivity index (χ3v) is 5.77. The molecule has 1 N–H and O–H groups in total. The Balaban J connectivity index is 1.97. The molecule has 0 bridgehead atoms. The quantitative estimate of drug-likeness (QED) is 0.281. The van der Waals surface area contributed by atoms with Crippen LogP contribution in [0.3, 0.4) is 0 Å². The number of rotatable bonds is 4. The molecule has 1 amide bonds. The van der Waals surface area contributed by atoms with Crippen LogP contribution in [0.1, 0.15) is 17.2 Å². The average molecular weight is 490 g/mol. The van der Waals surface area contributed by atoms with E-state index in [2.05, 4.69) is 0 Å². The first kappa shape index (κ1) is 22.8. The zero-order valence-corrected chi connectivity index (χ0v) is 18.5. The number of ether oxygens (including phenoxy) is 1. The van der Waals surface area contributed by atoms with Crippen LogP contribution in [-0.2, 0) is 9.59 Å². The van der Waals surface area contributed by atoms with Gasteiger partial charge in [0.1, 0.15) is 17.4 Å². The zero-order chi connectivity index (χ0) is 23.9. The maximum absolute atomic E-state index is 14.7. The highest BCUT2D eigenvalue weighted by Gasteiger charge is 2.47. The van der Waals surface area contributed by atoms with Gasteiger partial charge in [0.15, 0.2) is 5.75 Å². The summed E-state index contributed by atoms with van der Waals surface area (Å²) in [4.78, 5) is 27.0. The second-order valence-corrected chi connectivity index (χ2v) is 7.96. The van der Waals surface area contributed by atoms with Gasteiger partial charge in [0.25, 0.3) is 11.7 Å². The van der Waals surface area contributed by atoms with Crippen LogP contribution in [0, 0.1) is 11.6 Å². The van der Waals surface area contributed by atoms with Gasteiger partial charge in [-0.25, -0.2) is 8.78 Å². The molecule has 1 atom stereocenters. The van der Waals surface area contributed by atoms with Crippen molar-refractivity contribution < 1.29 is 28.2 Å². The monoisotopic (exact) mass is 489 g/mol. The third-order valence-electron chi connectivity index (χ3n) is 5.20. The molecule has 5 nitrogen and oxygen atoms in total. The van der Waals surface area contributed by atoms with Gasteiger partial charge in [-0.3, -0.25) is 14.5 Å². The number of carbonyl (C=O) groups excluding carboxylic acids is 2. The molecular weight excluding hydrogens is 475 g/mol. The third kappa shape index (κ3) is 3.94. The lowest BCUT2D eigenvalue weighted by Gasteiger charge is -2.25. The van der Waals surface area contributed by atoms with Crippen LogP contribution in [-0.4, -0.2) is 23.9 Å². The summed E-state index contributed by atoms with van der Waals surface area (Å²) in [7, 11) is 1.37. The highest BCUT2D eigenvalue weighted by Crippen LogP contribution is 2.44. The molecule has 0 spiro atoms. The fourth-order valence-electron chi connectivity index (χ4n) is 3.76. The summed E-state index contributed by atoms with van der Waals surface area (Å²) in [6, 6.07) is 12.4. The van der Waals surface area contributed by atoms with Gasteiger partial charge >= 0.3 is 0 Å². The Kier molecular flexibility index (Phi) is 6.10. The first-order valence-electron chi connectivity index (χ1n) is 9.59. The number of ketones is 1. The van der Waals surface area contributed by atoms with E-state index in [9.17, 15) is 23.5 Å². The number of carbonyl (C=O) groups is 2. The van der Waals surface area contributed by atoms with E-state index in [0.29, 0.717) is 11.6 Å². The number of halogens is 4. The Morgan fingerprint density at radius 1 is 1.00 bits per heavy atom. The van der Waals surface area contributed by atoms with Crippen molar-refractivity contribution in [3.05, 3.63) is 99.0 Å². The summed E-state index contributed by atoms with van der Waals surface area (Å²) in [5.74, 6) is -4.39. The number of benzene rings is 3. The number of hydrogen-bond donors (Lipinski definition) is 1. The van der Waals surface area contributed by atoms with Crippen molar-refractivity contribution >= 4 is 46.3 Å². The van der Waals surface area contributed by atoms with Gasteiger partial charge < -0.3 is 9.84 Å². The SMILES string of the molecule is COc1c(Cl)cc(/C(O)=C2\C(=O)C(=O)N(c3ccc(F)cc3F)C2c2ccccc2)cc1Cl. The van der Waals surface area contributed by atoms with E-state index in [1.54, 1.807) is 30.3 Å². The summed E-state index contributed by atoms with van der Waals surface area (Å²) in [6.07, 6.45) is 0. The highest BCUT2D eigenvalue weighted by molar-refractivity contribution is 6.51. The van der Waals surface area contributed by atoms with Gasteiger partial charge in [0.05, 0.1) is 34.5 Å². The van der Waals surface area contributed by atoms with Crippen LogP contribution < -0.4 is 9.64 Å². The fraction of sp³-hybridized carbons (Fsp3) is 0.0833. The molecule has 0 radical (unpaired) electrons. The van der Waals surface area contributed by atoms with Crippen LogP contribution in [0.5, 0.6) is 5.75 Å². The molecule has 1 heterocycles. The molecule has 0 saturated carbocycles. The first-order valence-corrected chi connectivity index (χ1v) is 10.3. The Morgan fingerprint density at radius 3 is 2.21 bits per heavy atom. The van der Waals surface area contributed by atoms with Crippen LogP contribution in [0.2, 0.25) is 10.0 Å². The molecule has 0 aromatic heterocycles. The van der Waals surface area contributed by atoms with E-state index in [0.717, 1.165) is 17.0 Å². The van der Waals surface area contributed by atoms with Crippen molar-refractivity contribution in [2.45, 2.75) is 6.04 Å². The molecule has 1 aliphatic rings. The molecule has 168 valence electrons. The highest BCUT2D eigenvalue weighted by atomic mass is 35.5. The summed E-state index contributed by atoms with van der Waals surface area (Å²) < 4.78 is 33.3. The number of nitrogens with zero attached hydrogens (tertiary/aromatic N) is 1. The minimum atomic E-state index is -1.19. The molecule has 9 heteroatoms. The molecule has 33 heavy (non-hydrogen) atoms. The number of aliphatic hydroxyl groups is 1. The van der Waals surface area contributed by atoms with Crippen molar-refractivity contribution in [1.82, 2.24) is 0 Å². The van der Waals surface area contributed by atoms with Gasteiger partial charge in [-0.2, -0.15) is 0 Å². The maximum Gasteiger partial charge on any atom is 0.300 e. The molecule has 1 unspecified atom stereocenters. The molecule has 4 rings (SSSR count).